The van der Waals surface area contributed by atoms with E-state index in [4.69, 9.17) is 9.47 Å². The number of hydrogen-bond acceptors (Lipinski definition) is 8. The zero-order chi connectivity index (χ0) is 21.9. The molecule has 0 heterocycles. The summed E-state index contributed by atoms with van der Waals surface area (Å²) >= 11 is 0. The van der Waals surface area contributed by atoms with Crippen molar-refractivity contribution < 1.29 is 28.9 Å². The number of nitrogens with zero attached hydrogens (tertiary/aromatic N) is 2. The molecule has 0 spiro atoms. The smallest absolute Gasteiger partial charge is 0.269 e. The molecule has 0 aliphatic carbocycles. The molecule has 0 unspecified atom stereocenters. The van der Waals surface area contributed by atoms with Crippen molar-refractivity contribution in [2.45, 2.75) is 0 Å². The highest BCUT2D eigenvalue weighted by Gasteiger charge is 2.08. The molecule has 0 radical (unpaired) electrons. The fourth-order valence-electron chi connectivity index (χ4n) is 2.17. The Labute approximate surface area is 170 Å². The molecule has 30 heavy (non-hydrogen) atoms. The van der Waals surface area contributed by atoms with Gasteiger partial charge in [-0.3, -0.25) is 29.8 Å². The average Bonchev–Trinajstić information content (AvgIpc) is 2.71. The van der Waals surface area contributed by atoms with Crippen LogP contribution in [0.2, 0.25) is 0 Å². The fourth-order valence-corrected chi connectivity index (χ4v) is 2.17. The van der Waals surface area contributed by atoms with Gasteiger partial charge in [0.05, 0.1) is 23.1 Å². The monoisotopic (exact) mass is 418 g/mol. The Morgan fingerprint density at radius 1 is 0.700 bits per heavy atom. The molecule has 0 fully saturated rings. The van der Waals surface area contributed by atoms with Crippen molar-refractivity contribution in [2.24, 2.45) is 0 Å². The van der Waals surface area contributed by atoms with Gasteiger partial charge in [-0.05, 0) is 24.3 Å². The maximum Gasteiger partial charge on any atom is 0.269 e. The van der Waals surface area contributed by atoms with Gasteiger partial charge in [-0.25, -0.2) is 0 Å². The zero-order valence-electron chi connectivity index (χ0n) is 15.6. The predicted molar refractivity (Wildman–Crippen MR) is 105 cm³/mol. The first kappa shape index (κ1) is 22.4. The summed E-state index contributed by atoms with van der Waals surface area (Å²) in [5, 5.41) is 26.2. The third kappa shape index (κ3) is 7.61. The van der Waals surface area contributed by atoms with Crippen molar-refractivity contribution in [3.63, 3.8) is 0 Å². The van der Waals surface area contributed by atoms with Crippen molar-refractivity contribution in [1.82, 2.24) is 0 Å². The minimum Gasteiger partial charge on any atom is -0.369 e. The van der Waals surface area contributed by atoms with Crippen LogP contribution in [0.25, 0.3) is 0 Å². The summed E-state index contributed by atoms with van der Waals surface area (Å²) in [7, 11) is 0. The lowest BCUT2D eigenvalue weighted by atomic mass is 10.3. The second kappa shape index (κ2) is 11.2. The summed E-state index contributed by atoms with van der Waals surface area (Å²) in [4.78, 5) is 43.5. The largest absolute Gasteiger partial charge is 0.369 e. The first-order valence-electron chi connectivity index (χ1n) is 8.59. The Bertz CT molecular complexity index is 824. The summed E-state index contributed by atoms with van der Waals surface area (Å²) in [6.07, 6.45) is 0. The van der Waals surface area contributed by atoms with Crippen LogP contribution in [0.3, 0.4) is 0 Å². The molecule has 0 aliphatic heterocycles. The summed E-state index contributed by atoms with van der Waals surface area (Å²) < 4.78 is 10.2. The van der Waals surface area contributed by atoms with Crippen LogP contribution in [-0.2, 0) is 19.1 Å². The van der Waals surface area contributed by atoms with E-state index in [0.29, 0.717) is 11.4 Å². The fraction of sp³-hybridized carbons (Fsp3) is 0.222. The van der Waals surface area contributed by atoms with E-state index in [1.165, 1.54) is 48.5 Å². The molecule has 2 amide bonds. The van der Waals surface area contributed by atoms with Gasteiger partial charge in [0.25, 0.3) is 11.4 Å². The van der Waals surface area contributed by atoms with E-state index in [1.54, 1.807) is 0 Å². The molecule has 0 saturated carbocycles. The molecule has 158 valence electrons. The van der Waals surface area contributed by atoms with Gasteiger partial charge < -0.3 is 20.1 Å². The molecule has 0 bridgehead atoms. The van der Waals surface area contributed by atoms with Gasteiger partial charge in [0.15, 0.2) is 0 Å². The van der Waals surface area contributed by atoms with Crippen LogP contribution in [0.1, 0.15) is 0 Å². The summed E-state index contributed by atoms with van der Waals surface area (Å²) in [5.41, 5.74) is 0.625. The number of anilines is 2. The number of carbonyl (C=O) groups is 2. The van der Waals surface area contributed by atoms with Crippen molar-refractivity contribution in [1.29, 1.82) is 0 Å². The van der Waals surface area contributed by atoms with Gasteiger partial charge in [0.1, 0.15) is 13.2 Å². The summed E-state index contributed by atoms with van der Waals surface area (Å²) in [6, 6.07) is 10.7. The molecule has 2 aromatic carbocycles. The lowest BCUT2D eigenvalue weighted by molar-refractivity contribution is -0.385. The van der Waals surface area contributed by atoms with Crippen LogP contribution in [-0.4, -0.2) is 48.1 Å². The maximum absolute atomic E-state index is 11.7. The number of benzene rings is 2. The highest BCUT2D eigenvalue weighted by Crippen LogP contribution is 2.16. The SMILES string of the molecule is O=C(COCCOCC(=O)Nc1ccc([N+](=O)[O-])cc1)Nc1ccc([N+](=O)[O-])cc1. The maximum atomic E-state index is 11.7. The Hall–Kier alpha value is -3.90. The van der Waals surface area contributed by atoms with E-state index < -0.39 is 21.7 Å². The Kier molecular flexibility index (Phi) is 8.35. The van der Waals surface area contributed by atoms with Crippen LogP contribution in [0.4, 0.5) is 22.7 Å². The number of nitrogens with one attached hydrogen (secondary N) is 2. The van der Waals surface area contributed by atoms with Gasteiger partial charge >= 0.3 is 0 Å². The molecule has 2 rings (SSSR count). The minimum absolute atomic E-state index is 0.0679. The van der Waals surface area contributed by atoms with E-state index in [-0.39, 0.29) is 37.8 Å². The summed E-state index contributed by atoms with van der Waals surface area (Å²) in [6.45, 7) is -0.373. The second-order valence-corrected chi connectivity index (χ2v) is 5.81. The van der Waals surface area contributed by atoms with Crippen LogP contribution in [0.15, 0.2) is 48.5 Å². The number of nitro groups is 2. The molecule has 0 aromatic heterocycles. The first-order valence-corrected chi connectivity index (χ1v) is 8.59. The van der Waals surface area contributed by atoms with Gasteiger partial charge in [0.2, 0.25) is 11.8 Å². The van der Waals surface area contributed by atoms with Crippen LogP contribution >= 0.6 is 0 Å². The summed E-state index contributed by atoms with van der Waals surface area (Å²) in [5.74, 6) is -0.889. The van der Waals surface area contributed by atoms with E-state index in [9.17, 15) is 29.8 Å². The van der Waals surface area contributed by atoms with E-state index in [0.717, 1.165) is 0 Å². The Balaban J connectivity index is 1.57. The van der Waals surface area contributed by atoms with Gasteiger partial charge in [-0.1, -0.05) is 0 Å². The van der Waals surface area contributed by atoms with E-state index >= 15 is 0 Å². The number of carbonyl (C=O) groups excluding carboxylic acids is 2. The predicted octanol–water partition coefficient (Wildman–Crippen LogP) is 2.11. The normalized spacial score (nSPS) is 10.3. The third-order valence-electron chi connectivity index (χ3n) is 3.56. The highest BCUT2D eigenvalue weighted by atomic mass is 16.6. The molecule has 12 heteroatoms. The van der Waals surface area contributed by atoms with E-state index in [2.05, 4.69) is 10.6 Å². The molecule has 2 aromatic rings. The standard InChI is InChI=1S/C18H18N4O8/c23-17(19-13-1-5-15(6-2-13)21(25)26)11-29-9-10-30-12-18(24)20-14-3-7-16(8-4-14)22(27)28/h1-8H,9-12H2,(H,19,23)(H,20,24). The topological polar surface area (TPSA) is 163 Å². The highest BCUT2D eigenvalue weighted by molar-refractivity contribution is 5.92. The third-order valence-corrected chi connectivity index (χ3v) is 3.56. The van der Waals surface area contributed by atoms with Gasteiger partial charge in [-0.15, -0.1) is 0 Å². The number of rotatable bonds is 11. The Morgan fingerprint density at radius 2 is 1.03 bits per heavy atom. The number of non-ortho nitro benzene ring substituents is 2. The molecule has 0 saturated heterocycles. The molecule has 12 nitrogen and oxygen atoms in total. The van der Waals surface area contributed by atoms with Crippen LogP contribution in [0.5, 0.6) is 0 Å². The van der Waals surface area contributed by atoms with Crippen molar-refractivity contribution in [3.8, 4) is 0 Å². The van der Waals surface area contributed by atoms with E-state index in [1.807, 2.05) is 0 Å². The Morgan fingerprint density at radius 3 is 1.33 bits per heavy atom. The van der Waals surface area contributed by atoms with Crippen LogP contribution in [0, 0.1) is 20.2 Å². The van der Waals surface area contributed by atoms with Crippen LogP contribution < -0.4 is 10.6 Å². The molecule has 2 N–H and O–H groups in total. The minimum atomic E-state index is -0.541. The van der Waals surface area contributed by atoms with Crippen molar-refractivity contribution in [2.75, 3.05) is 37.1 Å². The number of ether oxygens (including phenoxy) is 2. The average molecular weight is 418 g/mol. The zero-order valence-corrected chi connectivity index (χ0v) is 15.6. The molecular weight excluding hydrogens is 400 g/mol. The van der Waals surface area contributed by atoms with Gasteiger partial charge in [-0.2, -0.15) is 0 Å². The number of nitro benzene ring substituents is 2. The second-order valence-electron chi connectivity index (χ2n) is 5.81. The number of amides is 2. The number of hydrogen-bond donors (Lipinski definition) is 2. The lowest BCUT2D eigenvalue weighted by Gasteiger charge is -2.08. The van der Waals surface area contributed by atoms with Gasteiger partial charge in [0, 0.05) is 35.6 Å². The first-order chi connectivity index (χ1) is 14.3. The molecule has 0 atom stereocenters. The van der Waals surface area contributed by atoms with Crippen molar-refractivity contribution in [3.05, 3.63) is 68.8 Å². The van der Waals surface area contributed by atoms with Crippen molar-refractivity contribution >= 4 is 34.6 Å². The quantitative estimate of drug-likeness (QED) is 0.318. The molecule has 0 aliphatic rings. The lowest BCUT2D eigenvalue weighted by Crippen LogP contribution is -2.22. The molecular formula is C18H18N4O8.